The molecule has 0 aliphatic rings. The number of nitrogens with zero attached hydrogens (tertiary/aromatic N) is 3. The number of ether oxygens (including phenoxy) is 2. The van der Waals surface area contributed by atoms with Crippen molar-refractivity contribution in [3.05, 3.63) is 76.7 Å². The highest BCUT2D eigenvalue weighted by Gasteiger charge is 2.15. The first-order valence-corrected chi connectivity index (χ1v) is 11.7. The fourth-order valence-electron chi connectivity index (χ4n) is 3.83. The molecule has 0 saturated heterocycles. The van der Waals surface area contributed by atoms with Crippen molar-refractivity contribution in [1.82, 2.24) is 9.97 Å². The van der Waals surface area contributed by atoms with Crippen LogP contribution in [0.1, 0.15) is 60.8 Å². The van der Waals surface area contributed by atoms with E-state index >= 15 is 0 Å². The lowest BCUT2D eigenvalue weighted by molar-refractivity contribution is 0.183. The van der Waals surface area contributed by atoms with E-state index in [0.717, 1.165) is 66.9 Å². The maximum atomic E-state index is 9.42. The standard InChI is InChI=1S/C28H33N3O2/c1-4-5-12-27-26(28(31-21(2)30-27)33-18-9-8-17-32-3)19-22-13-15-23(16-14-22)25-11-7-6-10-24(25)20-29/h6-7,10-11,13-16H,4-5,8-9,12,17-19H2,1-3H3. The maximum absolute atomic E-state index is 9.42. The summed E-state index contributed by atoms with van der Waals surface area (Å²) in [5, 5.41) is 9.42. The SMILES string of the molecule is CCCCc1nc(C)nc(OCCCCOC)c1Cc1ccc(-c2ccccc2C#N)cc1. The van der Waals surface area contributed by atoms with Gasteiger partial charge in [0.25, 0.3) is 0 Å². The van der Waals surface area contributed by atoms with E-state index in [4.69, 9.17) is 14.5 Å². The summed E-state index contributed by atoms with van der Waals surface area (Å²) >= 11 is 0. The van der Waals surface area contributed by atoms with E-state index in [1.54, 1.807) is 7.11 Å². The number of hydrogen-bond donors (Lipinski definition) is 0. The van der Waals surface area contributed by atoms with Gasteiger partial charge in [0.15, 0.2) is 0 Å². The zero-order chi connectivity index (χ0) is 23.5. The Morgan fingerprint density at radius 1 is 0.939 bits per heavy atom. The highest BCUT2D eigenvalue weighted by molar-refractivity contribution is 5.70. The van der Waals surface area contributed by atoms with Crippen LogP contribution in [0.25, 0.3) is 11.1 Å². The van der Waals surface area contributed by atoms with Crippen molar-refractivity contribution >= 4 is 0 Å². The Balaban J connectivity index is 1.85. The van der Waals surface area contributed by atoms with Crippen LogP contribution in [0.5, 0.6) is 5.88 Å². The third kappa shape index (κ3) is 6.87. The van der Waals surface area contributed by atoms with Gasteiger partial charge in [0.1, 0.15) is 5.82 Å². The monoisotopic (exact) mass is 443 g/mol. The molecule has 0 unspecified atom stereocenters. The zero-order valence-corrected chi connectivity index (χ0v) is 19.9. The summed E-state index contributed by atoms with van der Waals surface area (Å²) in [6.45, 7) is 5.48. The number of methoxy groups -OCH3 is 1. The molecule has 1 aromatic heterocycles. The van der Waals surface area contributed by atoms with Crippen LogP contribution in [0.4, 0.5) is 0 Å². The van der Waals surface area contributed by atoms with Gasteiger partial charge in [0, 0.05) is 25.7 Å². The largest absolute Gasteiger partial charge is 0.477 e. The number of rotatable bonds is 12. The molecule has 0 aliphatic carbocycles. The van der Waals surface area contributed by atoms with Gasteiger partial charge in [-0.15, -0.1) is 0 Å². The molecule has 0 saturated carbocycles. The fraction of sp³-hybridized carbons (Fsp3) is 0.393. The number of hydrogen-bond acceptors (Lipinski definition) is 5. The minimum Gasteiger partial charge on any atom is -0.477 e. The second-order valence-corrected chi connectivity index (χ2v) is 8.18. The Hall–Kier alpha value is -3.23. The van der Waals surface area contributed by atoms with Gasteiger partial charge < -0.3 is 9.47 Å². The van der Waals surface area contributed by atoms with E-state index in [1.807, 2.05) is 31.2 Å². The minimum absolute atomic E-state index is 0.615. The summed E-state index contributed by atoms with van der Waals surface area (Å²) in [7, 11) is 1.72. The summed E-state index contributed by atoms with van der Waals surface area (Å²) in [6.07, 6.45) is 5.72. The number of benzene rings is 2. The smallest absolute Gasteiger partial charge is 0.220 e. The predicted octanol–water partition coefficient (Wildman–Crippen LogP) is 6.06. The van der Waals surface area contributed by atoms with Gasteiger partial charge in [0.2, 0.25) is 5.88 Å². The van der Waals surface area contributed by atoms with Gasteiger partial charge in [0.05, 0.1) is 23.9 Å². The molecule has 0 bridgehead atoms. The van der Waals surface area contributed by atoms with Crippen molar-refractivity contribution in [2.75, 3.05) is 20.3 Å². The molecule has 0 amide bonds. The van der Waals surface area contributed by atoms with Crippen molar-refractivity contribution in [3.8, 4) is 23.1 Å². The van der Waals surface area contributed by atoms with Crippen molar-refractivity contribution in [2.45, 2.75) is 52.4 Å². The van der Waals surface area contributed by atoms with E-state index in [0.29, 0.717) is 24.5 Å². The molecule has 0 spiro atoms. The van der Waals surface area contributed by atoms with Crippen molar-refractivity contribution in [3.63, 3.8) is 0 Å². The Morgan fingerprint density at radius 3 is 2.42 bits per heavy atom. The van der Waals surface area contributed by atoms with Gasteiger partial charge in [-0.3, -0.25) is 0 Å². The lowest BCUT2D eigenvalue weighted by Gasteiger charge is -2.16. The molecule has 3 aromatic rings. The van der Waals surface area contributed by atoms with Gasteiger partial charge in [-0.25, -0.2) is 4.98 Å². The molecule has 0 aliphatic heterocycles. The van der Waals surface area contributed by atoms with Gasteiger partial charge in [-0.1, -0.05) is 55.8 Å². The average molecular weight is 444 g/mol. The molecule has 3 rings (SSSR count). The normalized spacial score (nSPS) is 10.7. The topological polar surface area (TPSA) is 68.0 Å². The van der Waals surface area contributed by atoms with E-state index in [1.165, 1.54) is 5.56 Å². The second kappa shape index (κ2) is 12.7. The summed E-state index contributed by atoms with van der Waals surface area (Å²) < 4.78 is 11.3. The van der Waals surface area contributed by atoms with Crippen LogP contribution in [-0.4, -0.2) is 30.3 Å². The van der Waals surface area contributed by atoms with E-state index in [9.17, 15) is 5.26 Å². The maximum Gasteiger partial charge on any atom is 0.220 e. The third-order valence-electron chi connectivity index (χ3n) is 5.61. The van der Waals surface area contributed by atoms with Crippen LogP contribution in [0.2, 0.25) is 0 Å². The molecule has 5 heteroatoms. The first-order valence-electron chi connectivity index (χ1n) is 11.7. The highest BCUT2D eigenvalue weighted by Crippen LogP contribution is 2.27. The lowest BCUT2D eigenvalue weighted by Crippen LogP contribution is -2.10. The van der Waals surface area contributed by atoms with Crippen LogP contribution < -0.4 is 4.74 Å². The summed E-state index contributed by atoms with van der Waals surface area (Å²) in [5.74, 6) is 1.45. The number of unbranched alkanes of at least 4 members (excludes halogenated alkanes) is 2. The summed E-state index contributed by atoms with van der Waals surface area (Å²) in [6, 6.07) is 18.4. The van der Waals surface area contributed by atoms with Crippen LogP contribution in [0, 0.1) is 18.3 Å². The van der Waals surface area contributed by atoms with Gasteiger partial charge in [-0.05, 0) is 55.4 Å². The first kappa shape index (κ1) is 24.4. The van der Waals surface area contributed by atoms with E-state index in [-0.39, 0.29) is 0 Å². The van der Waals surface area contributed by atoms with Crippen LogP contribution in [-0.2, 0) is 17.6 Å². The third-order valence-corrected chi connectivity index (χ3v) is 5.61. The van der Waals surface area contributed by atoms with Gasteiger partial charge in [-0.2, -0.15) is 10.2 Å². The van der Waals surface area contributed by atoms with Crippen LogP contribution in [0.15, 0.2) is 48.5 Å². The number of nitriles is 1. The average Bonchev–Trinajstić information content (AvgIpc) is 2.84. The zero-order valence-electron chi connectivity index (χ0n) is 19.9. The van der Waals surface area contributed by atoms with Crippen LogP contribution in [0.3, 0.4) is 0 Å². The molecule has 0 atom stereocenters. The van der Waals surface area contributed by atoms with E-state index in [2.05, 4.69) is 42.2 Å². The highest BCUT2D eigenvalue weighted by atomic mass is 16.5. The molecule has 172 valence electrons. The van der Waals surface area contributed by atoms with Crippen molar-refractivity contribution in [1.29, 1.82) is 5.26 Å². The molecule has 1 heterocycles. The summed E-state index contributed by atoms with van der Waals surface area (Å²) in [5.41, 5.74) is 6.00. The molecule has 0 N–H and O–H groups in total. The number of aryl methyl sites for hydroxylation is 2. The van der Waals surface area contributed by atoms with Crippen molar-refractivity contribution in [2.24, 2.45) is 0 Å². The predicted molar refractivity (Wildman–Crippen MR) is 131 cm³/mol. The molecule has 0 fully saturated rings. The summed E-state index contributed by atoms with van der Waals surface area (Å²) in [4.78, 5) is 9.41. The van der Waals surface area contributed by atoms with Crippen LogP contribution >= 0.6 is 0 Å². The fourth-order valence-corrected chi connectivity index (χ4v) is 3.83. The molecule has 33 heavy (non-hydrogen) atoms. The Labute approximate surface area is 197 Å². The Bertz CT molecular complexity index is 1070. The van der Waals surface area contributed by atoms with Gasteiger partial charge >= 0.3 is 0 Å². The molecule has 0 radical (unpaired) electrons. The minimum atomic E-state index is 0.615. The molecular formula is C28H33N3O2. The second-order valence-electron chi connectivity index (χ2n) is 8.18. The molecule has 2 aromatic carbocycles. The van der Waals surface area contributed by atoms with Crippen molar-refractivity contribution < 1.29 is 9.47 Å². The Kier molecular flexibility index (Phi) is 9.41. The molecular weight excluding hydrogens is 410 g/mol. The lowest BCUT2D eigenvalue weighted by atomic mass is 9.96. The Morgan fingerprint density at radius 2 is 1.70 bits per heavy atom. The first-order chi connectivity index (χ1) is 16.2. The number of aromatic nitrogens is 2. The quantitative estimate of drug-likeness (QED) is 0.318. The molecule has 5 nitrogen and oxygen atoms in total. The van der Waals surface area contributed by atoms with E-state index < -0.39 is 0 Å².